The lowest BCUT2D eigenvalue weighted by Gasteiger charge is -2.45. The Morgan fingerprint density at radius 3 is 2.55 bits per heavy atom. The van der Waals surface area contributed by atoms with Crippen LogP contribution in [0.15, 0.2) is 48.9 Å². The summed E-state index contributed by atoms with van der Waals surface area (Å²) in [5.41, 5.74) is 2.88. The SMILES string of the molecule is C[C@@H](Oc1ccc2c(c1)c(-c1ccc(C3NCC3(C)OS(C)(=O)=O)nc1)nn2C1CCCCO1)c1c(Cl)cncc1Cl. The molecule has 4 aromatic rings. The van der Waals surface area contributed by atoms with E-state index in [1.165, 1.54) is 0 Å². The third-order valence-electron chi connectivity index (χ3n) is 7.68. The lowest BCUT2D eigenvalue weighted by Crippen LogP contribution is -2.62. The van der Waals surface area contributed by atoms with Gasteiger partial charge in [-0.05, 0) is 63.4 Å². The third kappa shape index (κ3) is 5.73. The molecule has 4 atom stereocenters. The van der Waals surface area contributed by atoms with Gasteiger partial charge in [0.15, 0.2) is 6.23 Å². The predicted molar refractivity (Wildman–Crippen MR) is 160 cm³/mol. The molecule has 0 aliphatic carbocycles. The van der Waals surface area contributed by atoms with E-state index >= 15 is 0 Å². The Bertz CT molecular complexity index is 1710. The van der Waals surface area contributed by atoms with Gasteiger partial charge in [-0.2, -0.15) is 13.5 Å². The average Bonchev–Trinajstić information content (AvgIpc) is 3.31. The summed E-state index contributed by atoms with van der Waals surface area (Å²) >= 11 is 12.8. The Morgan fingerprint density at radius 2 is 1.93 bits per heavy atom. The van der Waals surface area contributed by atoms with Crippen LogP contribution in [0.3, 0.4) is 0 Å². The number of hydrogen-bond acceptors (Lipinski definition) is 9. The zero-order chi connectivity index (χ0) is 29.6. The van der Waals surface area contributed by atoms with Crippen molar-refractivity contribution < 1.29 is 22.1 Å². The van der Waals surface area contributed by atoms with E-state index in [0.29, 0.717) is 40.2 Å². The number of halogens is 2. The zero-order valence-electron chi connectivity index (χ0n) is 23.4. The molecule has 0 spiro atoms. The highest BCUT2D eigenvalue weighted by molar-refractivity contribution is 7.86. The molecule has 0 bridgehead atoms. The van der Waals surface area contributed by atoms with Gasteiger partial charge in [0, 0.05) is 48.3 Å². The number of fused-ring (bicyclic) bond motifs is 1. The van der Waals surface area contributed by atoms with E-state index < -0.39 is 21.8 Å². The zero-order valence-corrected chi connectivity index (χ0v) is 25.7. The highest BCUT2D eigenvalue weighted by atomic mass is 35.5. The molecule has 0 saturated carbocycles. The van der Waals surface area contributed by atoms with Gasteiger partial charge in [-0.25, -0.2) is 4.68 Å². The molecule has 1 N–H and O–H groups in total. The number of hydrogen-bond donors (Lipinski definition) is 1. The molecule has 2 fully saturated rings. The molecule has 2 aliphatic heterocycles. The second kappa shape index (κ2) is 11.4. The predicted octanol–water partition coefficient (Wildman–Crippen LogP) is 6.02. The van der Waals surface area contributed by atoms with Crippen LogP contribution in [-0.4, -0.2) is 53.2 Å². The molecule has 2 saturated heterocycles. The molecule has 222 valence electrons. The number of ether oxygens (including phenoxy) is 2. The number of nitrogens with one attached hydrogen (secondary N) is 1. The molecule has 2 aliphatic rings. The molecule has 3 unspecified atom stereocenters. The number of rotatable bonds is 8. The van der Waals surface area contributed by atoms with Gasteiger partial charge in [-0.1, -0.05) is 23.2 Å². The van der Waals surface area contributed by atoms with E-state index in [2.05, 4.69) is 15.3 Å². The summed E-state index contributed by atoms with van der Waals surface area (Å²) in [7, 11) is -3.62. The normalized spacial score (nSPS) is 23.5. The Kier molecular flexibility index (Phi) is 7.92. The first-order chi connectivity index (χ1) is 20.0. The van der Waals surface area contributed by atoms with Crippen LogP contribution >= 0.6 is 23.2 Å². The third-order valence-corrected chi connectivity index (χ3v) is 8.97. The van der Waals surface area contributed by atoms with Gasteiger partial charge in [0.25, 0.3) is 10.1 Å². The summed E-state index contributed by atoms with van der Waals surface area (Å²) < 4.78 is 43.3. The standard InChI is InChI=1S/C29H31Cl2N5O5S/c1-17(26-21(30)14-32-15-22(26)31)40-19-8-10-24-20(12-19)27(35-36(24)25-6-4-5-11-39-25)18-7-9-23(33-13-18)28-29(2,16-34-28)41-42(3,37)38/h7-10,12-15,17,25,28,34H,4-6,11,16H2,1-3H3/t17-,25?,28?,29?/m1/s1. The Morgan fingerprint density at radius 1 is 1.14 bits per heavy atom. The van der Waals surface area contributed by atoms with Crippen molar-refractivity contribution in [2.45, 2.75) is 57.1 Å². The molecule has 42 heavy (non-hydrogen) atoms. The molecule has 13 heteroatoms. The van der Waals surface area contributed by atoms with E-state index in [1.807, 2.05) is 41.9 Å². The van der Waals surface area contributed by atoms with Crippen molar-refractivity contribution in [1.29, 1.82) is 0 Å². The summed E-state index contributed by atoms with van der Waals surface area (Å²) in [6, 6.07) is 9.28. The van der Waals surface area contributed by atoms with Gasteiger partial charge in [-0.3, -0.25) is 14.2 Å². The van der Waals surface area contributed by atoms with Crippen LogP contribution in [0.4, 0.5) is 0 Å². The first-order valence-electron chi connectivity index (χ1n) is 13.7. The first-order valence-corrected chi connectivity index (χ1v) is 16.3. The summed E-state index contributed by atoms with van der Waals surface area (Å²) in [6.07, 6.45) is 8.26. The Hall–Kier alpha value is -2.80. The number of pyridine rings is 2. The van der Waals surface area contributed by atoms with Crippen LogP contribution in [0.1, 0.15) is 62.7 Å². The maximum atomic E-state index is 11.8. The van der Waals surface area contributed by atoms with E-state index in [-0.39, 0.29) is 12.3 Å². The van der Waals surface area contributed by atoms with E-state index in [0.717, 1.165) is 47.7 Å². The molecular formula is C29H31Cl2N5O5S. The van der Waals surface area contributed by atoms with E-state index in [1.54, 1.807) is 25.5 Å². The van der Waals surface area contributed by atoms with Crippen LogP contribution in [0, 0.1) is 0 Å². The lowest BCUT2D eigenvalue weighted by molar-refractivity contribution is -0.0365. The fourth-order valence-electron chi connectivity index (χ4n) is 5.66. The maximum Gasteiger partial charge on any atom is 0.265 e. The molecule has 5 heterocycles. The number of nitrogens with zero attached hydrogens (tertiary/aromatic N) is 4. The van der Waals surface area contributed by atoms with Crippen LogP contribution in [-0.2, 0) is 19.0 Å². The topological polar surface area (TPSA) is 117 Å². The molecule has 1 aromatic carbocycles. The molecular weight excluding hydrogens is 601 g/mol. The van der Waals surface area contributed by atoms with Crippen molar-refractivity contribution in [2.75, 3.05) is 19.4 Å². The summed E-state index contributed by atoms with van der Waals surface area (Å²) in [5.74, 6) is 0.626. The minimum atomic E-state index is -3.62. The fourth-order valence-corrected chi connectivity index (χ4v) is 7.18. The van der Waals surface area contributed by atoms with Gasteiger partial charge in [0.05, 0.1) is 33.6 Å². The highest BCUT2D eigenvalue weighted by Gasteiger charge is 2.48. The monoisotopic (exact) mass is 631 g/mol. The second-order valence-electron chi connectivity index (χ2n) is 11.0. The quantitative estimate of drug-likeness (QED) is 0.233. The van der Waals surface area contributed by atoms with Crippen molar-refractivity contribution in [1.82, 2.24) is 25.1 Å². The molecule has 6 rings (SSSR count). The Balaban J connectivity index is 1.35. The Labute approximate surface area is 254 Å². The van der Waals surface area contributed by atoms with Gasteiger partial charge in [-0.15, -0.1) is 0 Å². The second-order valence-corrected chi connectivity index (χ2v) is 13.3. The highest BCUT2D eigenvalue weighted by Crippen LogP contribution is 2.39. The van der Waals surface area contributed by atoms with E-state index in [4.69, 9.17) is 42.0 Å². The van der Waals surface area contributed by atoms with Crippen molar-refractivity contribution >= 4 is 44.2 Å². The summed E-state index contributed by atoms with van der Waals surface area (Å²) in [6.45, 7) is 4.74. The van der Waals surface area contributed by atoms with Crippen molar-refractivity contribution in [3.05, 3.63) is 70.2 Å². The summed E-state index contributed by atoms with van der Waals surface area (Å²) in [4.78, 5) is 8.71. The van der Waals surface area contributed by atoms with Crippen molar-refractivity contribution in [3.8, 4) is 17.0 Å². The number of benzene rings is 1. The molecule has 0 amide bonds. The largest absolute Gasteiger partial charge is 0.486 e. The van der Waals surface area contributed by atoms with Crippen LogP contribution in [0.25, 0.3) is 22.2 Å². The fraction of sp³-hybridized carbons (Fsp3) is 0.414. The maximum absolute atomic E-state index is 11.8. The van der Waals surface area contributed by atoms with Gasteiger partial charge < -0.3 is 14.8 Å². The van der Waals surface area contributed by atoms with Crippen LogP contribution in [0.2, 0.25) is 10.0 Å². The van der Waals surface area contributed by atoms with Crippen LogP contribution in [0.5, 0.6) is 5.75 Å². The van der Waals surface area contributed by atoms with Gasteiger partial charge in [0.1, 0.15) is 23.1 Å². The first kappa shape index (κ1) is 29.3. The smallest absolute Gasteiger partial charge is 0.265 e. The molecule has 0 radical (unpaired) electrons. The van der Waals surface area contributed by atoms with E-state index in [9.17, 15) is 8.42 Å². The van der Waals surface area contributed by atoms with Gasteiger partial charge >= 0.3 is 0 Å². The van der Waals surface area contributed by atoms with Crippen molar-refractivity contribution in [2.24, 2.45) is 0 Å². The van der Waals surface area contributed by atoms with Crippen molar-refractivity contribution in [3.63, 3.8) is 0 Å². The summed E-state index contributed by atoms with van der Waals surface area (Å²) in [5, 5.41) is 9.98. The average molecular weight is 633 g/mol. The minimum absolute atomic E-state index is 0.171. The number of aromatic nitrogens is 4. The molecule has 10 nitrogen and oxygen atoms in total. The van der Waals surface area contributed by atoms with Crippen LogP contribution < -0.4 is 10.1 Å². The lowest BCUT2D eigenvalue weighted by atomic mass is 9.85. The van der Waals surface area contributed by atoms with Gasteiger partial charge in [0.2, 0.25) is 0 Å². The minimum Gasteiger partial charge on any atom is -0.486 e. The molecule has 3 aromatic heterocycles.